The molecular formula is C21H27NO2S. The van der Waals surface area contributed by atoms with Gasteiger partial charge in [-0.1, -0.05) is 50.2 Å². The van der Waals surface area contributed by atoms with E-state index in [2.05, 4.69) is 38.1 Å². The summed E-state index contributed by atoms with van der Waals surface area (Å²) in [6.07, 6.45) is 3.74. The van der Waals surface area contributed by atoms with E-state index in [9.17, 15) is 8.42 Å². The first-order chi connectivity index (χ1) is 12.0. The highest BCUT2D eigenvalue weighted by Crippen LogP contribution is 2.31. The molecule has 0 radical (unpaired) electrons. The lowest BCUT2D eigenvalue weighted by molar-refractivity contribution is 0.319. The summed E-state index contributed by atoms with van der Waals surface area (Å²) < 4.78 is 27.3. The second kappa shape index (κ2) is 7.71. The molecule has 0 aromatic heterocycles. The molecule has 0 N–H and O–H groups in total. The van der Waals surface area contributed by atoms with Crippen LogP contribution >= 0.6 is 0 Å². The van der Waals surface area contributed by atoms with E-state index < -0.39 is 10.0 Å². The first-order valence-electron chi connectivity index (χ1n) is 9.22. The van der Waals surface area contributed by atoms with Gasteiger partial charge in [-0.3, -0.25) is 0 Å². The molecular weight excluding hydrogens is 330 g/mol. The quantitative estimate of drug-likeness (QED) is 0.796. The number of benzene rings is 2. The Morgan fingerprint density at radius 3 is 1.80 bits per heavy atom. The largest absolute Gasteiger partial charge is 0.243 e. The van der Waals surface area contributed by atoms with Crippen LogP contribution in [0.5, 0.6) is 0 Å². The maximum absolute atomic E-state index is 12.8. The molecule has 2 aromatic rings. The average molecular weight is 358 g/mol. The lowest BCUT2D eigenvalue weighted by Crippen LogP contribution is -2.37. The third-order valence-corrected chi connectivity index (χ3v) is 7.20. The van der Waals surface area contributed by atoms with E-state index in [0.29, 0.717) is 23.9 Å². The molecule has 4 heteroatoms. The van der Waals surface area contributed by atoms with Crippen molar-refractivity contribution in [3.63, 3.8) is 0 Å². The normalized spacial score (nSPS) is 16.9. The fourth-order valence-electron chi connectivity index (χ4n) is 3.50. The minimum absolute atomic E-state index is 0.412. The predicted molar refractivity (Wildman–Crippen MR) is 102 cm³/mol. The van der Waals surface area contributed by atoms with Gasteiger partial charge in [-0.2, -0.15) is 4.31 Å². The molecule has 25 heavy (non-hydrogen) atoms. The number of hydrogen-bond donors (Lipinski definition) is 0. The van der Waals surface area contributed by atoms with Gasteiger partial charge in [-0.15, -0.1) is 0 Å². The van der Waals surface area contributed by atoms with Crippen LogP contribution in [0.3, 0.4) is 0 Å². The van der Waals surface area contributed by atoms with Crippen molar-refractivity contribution in [2.75, 3.05) is 13.1 Å². The fourth-order valence-corrected chi connectivity index (χ4v) is 4.97. The van der Waals surface area contributed by atoms with Crippen molar-refractivity contribution in [1.29, 1.82) is 0 Å². The molecule has 0 spiro atoms. The summed E-state index contributed by atoms with van der Waals surface area (Å²) in [6.45, 7) is 5.42. The van der Waals surface area contributed by atoms with Gasteiger partial charge in [-0.25, -0.2) is 8.42 Å². The van der Waals surface area contributed by atoms with Crippen molar-refractivity contribution in [3.05, 3.63) is 65.2 Å². The van der Waals surface area contributed by atoms with Gasteiger partial charge in [0.2, 0.25) is 10.0 Å². The van der Waals surface area contributed by atoms with Crippen LogP contribution in [0.15, 0.2) is 53.4 Å². The Morgan fingerprint density at radius 2 is 1.32 bits per heavy atom. The van der Waals surface area contributed by atoms with Gasteiger partial charge in [-0.05, 0) is 60.4 Å². The first-order valence-corrected chi connectivity index (χ1v) is 10.7. The number of hydrogen-bond acceptors (Lipinski definition) is 2. The molecule has 0 bridgehead atoms. The zero-order valence-electron chi connectivity index (χ0n) is 15.1. The van der Waals surface area contributed by atoms with E-state index in [-0.39, 0.29) is 0 Å². The summed E-state index contributed by atoms with van der Waals surface area (Å²) in [6, 6.07) is 16.1. The number of nitrogens with zero attached hydrogens (tertiary/aromatic N) is 1. The lowest BCUT2D eigenvalue weighted by Gasteiger charge is -2.31. The van der Waals surface area contributed by atoms with Crippen LogP contribution in [0.4, 0.5) is 0 Å². The van der Waals surface area contributed by atoms with Crippen LogP contribution in [-0.4, -0.2) is 25.8 Å². The number of piperidine rings is 1. The molecule has 1 aliphatic heterocycles. The van der Waals surface area contributed by atoms with E-state index in [4.69, 9.17) is 0 Å². The molecule has 3 rings (SSSR count). The highest BCUT2D eigenvalue weighted by atomic mass is 32.2. The molecule has 1 saturated heterocycles. The van der Waals surface area contributed by atoms with Crippen LogP contribution in [0.1, 0.15) is 49.3 Å². The van der Waals surface area contributed by atoms with Gasteiger partial charge >= 0.3 is 0 Å². The van der Waals surface area contributed by atoms with Crippen molar-refractivity contribution >= 4 is 10.0 Å². The van der Waals surface area contributed by atoms with Crippen molar-refractivity contribution < 1.29 is 8.42 Å². The summed E-state index contributed by atoms with van der Waals surface area (Å²) in [4.78, 5) is 0.412. The molecule has 0 saturated carbocycles. The van der Waals surface area contributed by atoms with Gasteiger partial charge < -0.3 is 0 Å². The summed E-state index contributed by atoms with van der Waals surface area (Å²) in [5, 5.41) is 0. The number of rotatable bonds is 5. The van der Waals surface area contributed by atoms with Gasteiger partial charge in [0.15, 0.2) is 0 Å². The number of aryl methyl sites for hydroxylation is 2. The molecule has 0 aliphatic carbocycles. The van der Waals surface area contributed by atoms with Crippen LogP contribution in [0.25, 0.3) is 0 Å². The van der Waals surface area contributed by atoms with Crippen LogP contribution in [-0.2, 0) is 22.9 Å². The highest BCUT2D eigenvalue weighted by Gasteiger charge is 2.29. The maximum Gasteiger partial charge on any atom is 0.243 e. The van der Waals surface area contributed by atoms with Crippen molar-refractivity contribution in [2.24, 2.45) is 0 Å². The molecule has 0 unspecified atom stereocenters. The SMILES string of the molecule is CCc1ccc(C2CCN(S(=O)(=O)c3ccc(CC)cc3)CC2)cc1. The van der Waals surface area contributed by atoms with E-state index in [1.807, 2.05) is 12.1 Å². The van der Waals surface area contributed by atoms with Crippen molar-refractivity contribution in [3.8, 4) is 0 Å². The molecule has 1 fully saturated rings. The minimum atomic E-state index is -3.37. The first kappa shape index (κ1) is 18.2. The average Bonchev–Trinajstić information content (AvgIpc) is 2.68. The Bertz CT molecular complexity index is 787. The summed E-state index contributed by atoms with van der Waals surface area (Å²) in [5.74, 6) is 0.458. The Hall–Kier alpha value is -1.65. The summed E-state index contributed by atoms with van der Waals surface area (Å²) >= 11 is 0. The number of sulfonamides is 1. The van der Waals surface area contributed by atoms with Crippen LogP contribution in [0.2, 0.25) is 0 Å². The minimum Gasteiger partial charge on any atom is -0.207 e. The molecule has 1 aliphatic rings. The smallest absolute Gasteiger partial charge is 0.207 e. The standard InChI is InChI=1S/C21H27NO2S/c1-3-17-5-9-19(10-6-17)20-13-15-22(16-14-20)25(23,24)21-11-7-18(4-2)8-12-21/h5-12,20H,3-4,13-16H2,1-2H3. The highest BCUT2D eigenvalue weighted by molar-refractivity contribution is 7.89. The summed E-state index contributed by atoms with van der Waals surface area (Å²) in [7, 11) is -3.37. The molecule has 0 atom stereocenters. The predicted octanol–water partition coefficient (Wildman–Crippen LogP) is 4.38. The topological polar surface area (TPSA) is 37.4 Å². The van der Waals surface area contributed by atoms with Gasteiger partial charge in [0, 0.05) is 13.1 Å². The Morgan fingerprint density at radius 1 is 0.840 bits per heavy atom. The van der Waals surface area contributed by atoms with E-state index in [1.54, 1.807) is 16.4 Å². The van der Waals surface area contributed by atoms with Gasteiger partial charge in [0.25, 0.3) is 0 Å². The van der Waals surface area contributed by atoms with Crippen molar-refractivity contribution in [2.45, 2.75) is 50.3 Å². The van der Waals surface area contributed by atoms with Crippen LogP contribution < -0.4 is 0 Å². The Labute approximate surface area is 151 Å². The Kier molecular flexibility index (Phi) is 5.60. The van der Waals surface area contributed by atoms with Crippen molar-refractivity contribution in [1.82, 2.24) is 4.31 Å². The second-order valence-electron chi connectivity index (χ2n) is 6.77. The molecule has 0 amide bonds. The molecule has 3 nitrogen and oxygen atoms in total. The zero-order chi connectivity index (χ0) is 17.9. The second-order valence-corrected chi connectivity index (χ2v) is 8.71. The van der Waals surface area contributed by atoms with Crippen LogP contribution in [0, 0.1) is 0 Å². The maximum atomic E-state index is 12.8. The van der Waals surface area contributed by atoms with Gasteiger partial charge in [0.1, 0.15) is 0 Å². The van der Waals surface area contributed by atoms with Gasteiger partial charge in [0.05, 0.1) is 4.90 Å². The summed E-state index contributed by atoms with van der Waals surface area (Å²) in [5.41, 5.74) is 3.84. The molecule has 2 aromatic carbocycles. The van der Waals surface area contributed by atoms with E-state index in [0.717, 1.165) is 31.2 Å². The van der Waals surface area contributed by atoms with E-state index in [1.165, 1.54) is 11.1 Å². The zero-order valence-corrected chi connectivity index (χ0v) is 15.9. The fraction of sp³-hybridized carbons (Fsp3) is 0.429. The molecule has 1 heterocycles. The monoisotopic (exact) mass is 357 g/mol. The molecule has 134 valence electrons. The Balaban J connectivity index is 1.67. The third kappa shape index (κ3) is 3.96. The lowest BCUT2D eigenvalue weighted by atomic mass is 9.89. The third-order valence-electron chi connectivity index (χ3n) is 5.28. The van der Waals surface area contributed by atoms with E-state index >= 15 is 0 Å².